The van der Waals surface area contributed by atoms with E-state index in [-0.39, 0.29) is 0 Å². The Balaban J connectivity index is 1.59. The molecule has 0 spiro atoms. The monoisotopic (exact) mass is 331 g/mol. The first-order valence-electron chi connectivity index (χ1n) is 10.1. The van der Waals surface area contributed by atoms with Gasteiger partial charge in [0, 0.05) is 0 Å². The van der Waals surface area contributed by atoms with E-state index in [0.29, 0.717) is 5.92 Å². The highest BCUT2D eigenvalue weighted by Gasteiger charge is 2.23. The van der Waals surface area contributed by atoms with Gasteiger partial charge in [-0.05, 0) is 55.4 Å². The summed E-state index contributed by atoms with van der Waals surface area (Å²) in [4.78, 5) is 0. The van der Waals surface area contributed by atoms with E-state index in [0.717, 1.165) is 17.8 Å². The van der Waals surface area contributed by atoms with E-state index in [4.69, 9.17) is 5.26 Å². The Morgan fingerprint density at radius 1 is 0.917 bits per heavy atom. The Hall–Kier alpha value is -1.10. The molecule has 0 aromatic heterocycles. The van der Waals surface area contributed by atoms with Crippen LogP contribution in [-0.4, -0.2) is 0 Å². The van der Waals surface area contributed by atoms with Crippen LogP contribution < -0.4 is 0 Å². The number of hydrogen-bond donors (Lipinski definition) is 0. The maximum atomic E-state index is 12.7. The van der Waals surface area contributed by atoms with Crippen LogP contribution >= 0.6 is 0 Å². The molecule has 0 saturated heterocycles. The zero-order valence-corrected chi connectivity index (χ0v) is 15.4. The van der Waals surface area contributed by atoms with Gasteiger partial charge in [0.05, 0.1) is 0 Å². The van der Waals surface area contributed by atoms with Crippen molar-refractivity contribution in [2.24, 2.45) is 23.7 Å². The second kappa shape index (κ2) is 10.7. The first-order chi connectivity index (χ1) is 11.7. The third-order valence-electron chi connectivity index (χ3n) is 6.27. The van der Waals surface area contributed by atoms with Gasteiger partial charge in [-0.15, -0.1) is 0 Å². The number of rotatable bonds is 7. The molecule has 0 heterocycles. The summed E-state index contributed by atoms with van der Waals surface area (Å²) < 4.78 is 12.7. The van der Waals surface area contributed by atoms with Crippen LogP contribution in [0, 0.1) is 35.0 Å². The highest BCUT2D eigenvalue weighted by Crippen LogP contribution is 2.37. The SMILES string of the molecule is CCC[C@H]1CC[C@H](CCC2CCC(C=CC=C(F)C#N)CC2)CC1. The van der Waals surface area contributed by atoms with Crippen molar-refractivity contribution in [1.82, 2.24) is 0 Å². The second-order valence-electron chi connectivity index (χ2n) is 8.04. The highest BCUT2D eigenvalue weighted by atomic mass is 19.1. The van der Waals surface area contributed by atoms with Gasteiger partial charge < -0.3 is 0 Å². The van der Waals surface area contributed by atoms with Gasteiger partial charge in [0.15, 0.2) is 5.83 Å². The lowest BCUT2D eigenvalue weighted by atomic mass is 9.75. The van der Waals surface area contributed by atoms with Crippen molar-refractivity contribution < 1.29 is 4.39 Å². The van der Waals surface area contributed by atoms with Crippen molar-refractivity contribution in [3.8, 4) is 6.07 Å². The molecule has 0 aromatic carbocycles. The molecular formula is C22H34FN. The Kier molecular flexibility index (Phi) is 8.57. The minimum atomic E-state index is -0.700. The Morgan fingerprint density at radius 2 is 1.42 bits per heavy atom. The predicted molar refractivity (Wildman–Crippen MR) is 99.0 cm³/mol. The van der Waals surface area contributed by atoms with Crippen LogP contribution in [0.3, 0.4) is 0 Å². The van der Waals surface area contributed by atoms with Crippen LogP contribution in [-0.2, 0) is 0 Å². The molecule has 2 aliphatic rings. The van der Waals surface area contributed by atoms with Crippen molar-refractivity contribution in [3.63, 3.8) is 0 Å². The molecule has 2 aliphatic carbocycles. The molecule has 0 unspecified atom stereocenters. The molecule has 0 N–H and O–H groups in total. The molecule has 0 bridgehead atoms. The van der Waals surface area contributed by atoms with Crippen LogP contribution in [0.25, 0.3) is 0 Å². The summed E-state index contributed by atoms with van der Waals surface area (Å²) >= 11 is 0. The molecule has 0 atom stereocenters. The maximum absolute atomic E-state index is 12.7. The zero-order valence-electron chi connectivity index (χ0n) is 15.4. The first-order valence-corrected chi connectivity index (χ1v) is 10.1. The fraction of sp³-hybridized carbons (Fsp3) is 0.773. The molecule has 0 radical (unpaired) electrons. The molecule has 2 saturated carbocycles. The molecule has 0 aliphatic heterocycles. The molecular weight excluding hydrogens is 297 g/mol. The van der Waals surface area contributed by atoms with Crippen molar-refractivity contribution in [2.45, 2.75) is 84.0 Å². The first kappa shape index (κ1) is 19.2. The van der Waals surface area contributed by atoms with Gasteiger partial charge in [-0.2, -0.15) is 9.65 Å². The van der Waals surface area contributed by atoms with Gasteiger partial charge in [0.2, 0.25) is 0 Å². The van der Waals surface area contributed by atoms with E-state index in [1.807, 2.05) is 0 Å². The minimum absolute atomic E-state index is 0.577. The molecule has 0 aromatic rings. The molecule has 134 valence electrons. The van der Waals surface area contributed by atoms with Crippen molar-refractivity contribution in [3.05, 3.63) is 24.1 Å². The van der Waals surface area contributed by atoms with Gasteiger partial charge >= 0.3 is 0 Å². The Labute approximate surface area is 148 Å². The van der Waals surface area contributed by atoms with Gasteiger partial charge in [-0.3, -0.25) is 0 Å². The summed E-state index contributed by atoms with van der Waals surface area (Å²) in [7, 11) is 0. The lowest BCUT2D eigenvalue weighted by Gasteiger charge is -2.31. The average molecular weight is 332 g/mol. The number of nitriles is 1. The van der Waals surface area contributed by atoms with Crippen LogP contribution in [0.15, 0.2) is 24.1 Å². The number of halogens is 1. The van der Waals surface area contributed by atoms with Gasteiger partial charge in [0.25, 0.3) is 0 Å². The van der Waals surface area contributed by atoms with E-state index >= 15 is 0 Å². The van der Waals surface area contributed by atoms with Gasteiger partial charge in [-0.1, -0.05) is 70.4 Å². The molecule has 24 heavy (non-hydrogen) atoms. The summed E-state index contributed by atoms with van der Waals surface area (Å²) in [6.07, 6.45) is 21.7. The lowest BCUT2D eigenvalue weighted by Crippen LogP contribution is -2.17. The molecule has 2 fully saturated rings. The molecule has 0 amide bonds. The maximum Gasteiger partial charge on any atom is 0.199 e. The summed E-state index contributed by atoms with van der Waals surface area (Å²) in [5.41, 5.74) is 0. The summed E-state index contributed by atoms with van der Waals surface area (Å²) in [6, 6.07) is 1.51. The van der Waals surface area contributed by atoms with Crippen LogP contribution in [0.2, 0.25) is 0 Å². The number of hydrogen-bond acceptors (Lipinski definition) is 1. The van der Waals surface area contributed by atoms with E-state index in [9.17, 15) is 4.39 Å². The molecule has 1 nitrogen and oxygen atoms in total. The lowest BCUT2D eigenvalue weighted by molar-refractivity contribution is 0.221. The standard InChI is InChI=1S/C22H34FN/c1-2-4-18-7-11-20(12-8-18)15-16-21-13-9-19(10-14-21)5-3-6-22(23)17-24/h3,5-6,18-21H,2,4,7-16H2,1H3/t18-,19?,20-,21?. The number of nitrogens with zero attached hydrogens (tertiary/aromatic N) is 1. The van der Waals surface area contributed by atoms with Crippen molar-refractivity contribution in [2.75, 3.05) is 0 Å². The van der Waals surface area contributed by atoms with Crippen LogP contribution in [0.4, 0.5) is 4.39 Å². The van der Waals surface area contributed by atoms with Crippen molar-refractivity contribution >= 4 is 0 Å². The van der Waals surface area contributed by atoms with E-state index in [2.05, 4.69) is 13.0 Å². The highest BCUT2D eigenvalue weighted by molar-refractivity contribution is 5.19. The largest absolute Gasteiger partial charge is 0.199 e. The third kappa shape index (κ3) is 6.80. The van der Waals surface area contributed by atoms with Crippen molar-refractivity contribution in [1.29, 1.82) is 5.26 Å². The minimum Gasteiger partial charge on any atom is -0.195 e. The quantitative estimate of drug-likeness (QED) is 0.360. The second-order valence-corrected chi connectivity index (χ2v) is 8.04. The summed E-state index contributed by atoms with van der Waals surface area (Å²) in [6.45, 7) is 2.31. The summed E-state index contributed by atoms with van der Waals surface area (Å²) in [5, 5.41) is 8.39. The van der Waals surface area contributed by atoms with Crippen LogP contribution in [0.5, 0.6) is 0 Å². The normalized spacial score (nSPS) is 32.0. The third-order valence-corrected chi connectivity index (χ3v) is 6.27. The zero-order chi connectivity index (χ0) is 17.2. The van der Waals surface area contributed by atoms with E-state index in [1.165, 1.54) is 89.2 Å². The van der Waals surface area contributed by atoms with Crippen LogP contribution in [0.1, 0.15) is 84.0 Å². The Bertz CT molecular complexity index is 443. The fourth-order valence-corrected chi connectivity index (χ4v) is 4.69. The molecule has 2 heteroatoms. The average Bonchev–Trinajstić information content (AvgIpc) is 2.62. The van der Waals surface area contributed by atoms with Gasteiger partial charge in [-0.25, -0.2) is 0 Å². The topological polar surface area (TPSA) is 23.8 Å². The van der Waals surface area contributed by atoms with Gasteiger partial charge in [0.1, 0.15) is 6.07 Å². The predicted octanol–water partition coefficient (Wildman–Crippen LogP) is 7.11. The Morgan fingerprint density at radius 3 is 1.92 bits per heavy atom. The molecule has 2 rings (SSSR count). The summed E-state index contributed by atoms with van der Waals surface area (Å²) in [5.74, 6) is 2.81. The van der Waals surface area contributed by atoms with E-state index in [1.54, 1.807) is 6.08 Å². The fourth-order valence-electron chi connectivity index (χ4n) is 4.69. The van der Waals surface area contributed by atoms with E-state index < -0.39 is 5.83 Å². The number of allylic oxidation sites excluding steroid dienone is 4. The smallest absolute Gasteiger partial charge is 0.195 e.